The highest BCUT2D eigenvalue weighted by Crippen LogP contribution is 2.36. The van der Waals surface area contributed by atoms with Crippen molar-refractivity contribution >= 4 is 17.3 Å². The summed E-state index contributed by atoms with van der Waals surface area (Å²) < 4.78 is 5.31. The van der Waals surface area contributed by atoms with E-state index in [0.717, 1.165) is 56.4 Å². The summed E-state index contributed by atoms with van der Waals surface area (Å²) in [4.78, 5) is 9.75. The summed E-state index contributed by atoms with van der Waals surface area (Å²) in [5.74, 6) is 1.72. The van der Waals surface area contributed by atoms with E-state index in [1.807, 2.05) is 12.1 Å². The number of rotatable bonds is 4. The molecule has 2 aromatic rings. The lowest BCUT2D eigenvalue weighted by atomic mass is 9.95. The molecular formula is C24H32N6O. The summed E-state index contributed by atoms with van der Waals surface area (Å²) in [5.41, 5.74) is 7.17. The number of anilines is 2. The first-order chi connectivity index (χ1) is 15.2. The zero-order chi connectivity index (χ0) is 21.2. The number of hydrogen-bond donors (Lipinski definition) is 2. The standard InChI is InChI=1S/C24H32N6O/c1-28-14-16-29(17-15-28)20-10-8-19(9-11-20)25-24-26-23-5-3-4-22(30(23)27-24)18-6-12-21(31-2)13-7-18/h6-13,22-23H,3-5,14-17H2,1-2H3,(H2,25,26,27). The Morgan fingerprint density at radius 2 is 1.71 bits per heavy atom. The molecule has 0 saturated carbocycles. The van der Waals surface area contributed by atoms with Crippen molar-refractivity contribution < 1.29 is 4.74 Å². The van der Waals surface area contributed by atoms with E-state index in [-0.39, 0.29) is 6.17 Å². The van der Waals surface area contributed by atoms with E-state index in [4.69, 9.17) is 9.73 Å². The highest BCUT2D eigenvalue weighted by atomic mass is 16.5. The van der Waals surface area contributed by atoms with Crippen molar-refractivity contribution in [3.05, 3.63) is 54.1 Å². The van der Waals surface area contributed by atoms with Crippen LogP contribution in [0.4, 0.5) is 11.4 Å². The lowest BCUT2D eigenvalue weighted by Crippen LogP contribution is -2.47. The Kier molecular flexibility index (Phi) is 5.70. The summed E-state index contributed by atoms with van der Waals surface area (Å²) >= 11 is 0. The van der Waals surface area contributed by atoms with Gasteiger partial charge in [-0.1, -0.05) is 12.1 Å². The van der Waals surface area contributed by atoms with Gasteiger partial charge in [0.05, 0.1) is 13.2 Å². The van der Waals surface area contributed by atoms with Gasteiger partial charge < -0.3 is 19.9 Å². The molecule has 2 aromatic carbocycles. The van der Waals surface area contributed by atoms with Crippen molar-refractivity contribution in [3.63, 3.8) is 0 Å². The van der Waals surface area contributed by atoms with Gasteiger partial charge in [0.2, 0.25) is 5.96 Å². The van der Waals surface area contributed by atoms with Crippen molar-refractivity contribution in [1.29, 1.82) is 0 Å². The number of hydrazine groups is 1. The summed E-state index contributed by atoms with van der Waals surface area (Å²) in [6.07, 6.45) is 3.55. The minimum Gasteiger partial charge on any atom is -0.497 e. The van der Waals surface area contributed by atoms with Crippen LogP contribution in [0.3, 0.4) is 0 Å². The summed E-state index contributed by atoms with van der Waals surface area (Å²) in [7, 11) is 3.89. The first-order valence-electron chi connectivity index (χ1n) is 11.3. The molecule has 2 N–H and O–H groups in total. The molecule has 7 heteroatoms. The van der Waals surface area contributed by atoms with E-state index in [2.05, 4.69) is 69.0 Å². The van der Waals surface area contributed by atoms with Crippen LogP contribution in [-0.4, -0.2) is 62.4 Å². The Labute approximate surface area is 184 Å². The fourth-order valence-electron chi connectivity index (χ4n) is 4.73. The fourth-order valence-corrected chi connectivity index (χ4v) is 4.73. The third-order valence-corrected chi connectivity index (χ3v) is 6.61. The quantitative estimate of drug-likeness (QED) is 0.792. The van der Waals surface area contributed by atoms with Crippen molar-refractivity contribution in [2.75, 3.05) is 50.6 Å². The average Bonchev–Trinajstić information content (AvgIpc) is 3.23. The fraction of sp³-hybridized carbons (Fsp3) is 0.458. The number of aliphatic imine (C=N–C) groups is 1. The van der Waals surface area contributed by atoms with Gasteiger partial charge in [-0.25, -0.2) is 4.99 Å². The second-order valence-corrected chi connectivity index (χ2v) is 8.66. The highest BCUT2D eigenvalue weighted by molar-refractivity contribution is 5.94. The van der Waals surface area contributed by atoms with Crippen LogP contribution in [-0.2, 0) is 0 Å². The van der Waals surface area contributed by atoms with Gasteiger partial charge in [0.1, 0.15) is 11.9 Å². The molecule has 3 aliphatic rings. The monoisotopic (exact) mass is 420 g/mol. The van der Waals surface area contributed by atoms with E-state index in [9.17, 15) is 0 Å². The maximum absolute atomic E-state index is 5.31. The maximum atomic E-state index is 5.31. The molecule has 164 valence electrons. The normalized spacial score (nSPS) is 24.3. The predicted octanol–water partition coefficient (Wildman–Crippen LogP) is 3.29. The molecule has 7 nitrogen and oxygen atoms in total. The van der Waals surface area contributed by atoms with Crippen LogP contribution in [0, 0.1) is 0 Å². The Hall–Kier alpha value is -2.77. The van der Waals surface area contributed by atoms with E-state index >= 15 is 0 Å². The number of fused-ring (bicyclic) bond motifs is 1. The molecule has 2 unspecified atom stereocenters. The Bertz CT molecular complexity index is 905. The molecule has 2 saturated heterocycles. The van der Waals surface area contributed by atoms with Crippen LogP contribution in [0.2, 0.25) is 0 Å². The van der Waals surface area contributed by atoms with E-state index in [1.54, 1.807) is 7.11 Å². The molecule has 5 rings (SSSR count). The Morgan fingerprint density at radius 3 is 2.42 bits per heavy atom. The van der Waals surface area contributed by atoms with Crippen LogP contribution in [0.5, 0.6) is 5.75 Å². The molecule has 2 fully saturated rings. The van der Waals surface area contributed by atoms with Gasteiger partial charge in [0.25, 0.3) is 0 Å². The van der Waals surface area contributed by atoms with Crippen molar-refractivity contribution in [2.24, 2.45) is 4.99 Å². The molecule has 0 aliphatic carbocycles. The molecule has 3 heterocycles. The topological polar surface area (TPSA) is 55.4 Å². The molecule has 0 spiro atoms. The predicted molar refractivity (Wildman–Crippen MR) is 126 cm³/mol. The van der Waals surface area contributed by atoms with Crippen LogP contribution in [0.15, 0.2) is 53.5 Å². The number of piperidine rings is 1. The molecule has 0 aromatic heterocycles. The summed E-state index contributed by atoms with van der Waals surface area (Å²) in [5, 5.41) is 5.77. The maximum Gasteiger partial charge on any atom is 0.212 e. The number of guanidine groups is 1. The lowest BCUT2D eigenvalue weighted by Gasteiger charge is -2.36. The summed E-state index contributed by atoms with van der Waals surface area (Å²) in [6, 6.07) is 17.4. The number of ether oxygens (including phenoxy) is 1. The molecule has 0 amide bonds. The Morgan fingerprint density at radius 1 is 0.968 bits per heavy atom. The summed E-state index contributed by atoms with van der Waals surface area (Å²) in [6.45, 7) is 4.41. The van der Waals surface area contributed by atoms with Gasteiger partial charge in [-0.05, 0) is 68.3 Å². The SMILES string of the molecule is COc1ccc(C2CCCC3N=C(Nc4ccc(N5CCN(C)CC5)cc4)NN32)cc1. The number of hydrogen-bond acceptors (Lipinski definition) is 7. The van der Waals surface area contributed by atoms with Crippen molar-refractivity contribution in [1.82, 2.24) is 15.3 Å². The largest absolute Gasteiger partial charge is 0.497 e. The first kappa shape index (κ1) is 20.2. The number of piperazine rings is 1. The van der Waals surface area contributed by atoms with Crippen molar-refractivity contribution in [3.8, 4) is 5.75 Å². The molecule has 31 heavy (non-hydrogen) atoms. The Balaban J connectivity index is 1.23. The molecule has 0 radical (unpaired) electrons. The average molecular weight is 421 g/mol. The van der Waals surface area contributed by atoms with Gasteiger partial charge >= 0.3 is 0 Å². The van der Waals surface area contributed by atoms with Gasteiger partial charge in [0.15, 0.2) is 0 Å². The minimum atomic E-state index is 0.174. The van der Waals surface area contributed by atoms with Crippen LogP contribution < -0.4 is 20.4 Å². The third kappa shape index (κ3) is 4.34. The second-order valence-electron chi connectivity index (χ2n) is 8.66. The zero-order valence-electron chi connectivity index (χ0n) is 18.4. The van der Waals surface area contributed by atoms with Crippen LogP contribution >= 0.6 is 0 Å². The number of nitrogens with one attached hydrogen (secondary N) is 2. The van der Waals surface area contributed by atoms with E-state index < -0.39 is 0 Å². The molecular weight excluding hydrogens is 388 g/mol. The van der Waals surface area contributed by atoms with Crippen LogP contribution in [0.25, 0.3) is 0 Å². The molecule has 0 bridgehead atoms. The zero-order valence-corrected chi connectivity index (χ0v) is 18.4. The van der Waals surface area contributed by atoms with Gasteiger partial charge in [-0.3, -0.25) is 5.43 Å². The molecule has 3 aliphatic heterocycles. The molecule has 2 atom stereocenters. The smallest absolute Gasteiger partial charge is 0.212 e. The second kappa shape index (κ2) is 8.77. The van der Waals surface area contributed by atoms with Crippen LogP contribution in [0.1, 0.15) is 30.9 Å². The number of nitrogens with zero attached hydrogens (tertiary/aromatic N) is 4. The van der Waals surface area contributed by atoms with E-state index in [0.29, 0.717) is 6.04 Å². The number of likely N-dealkylation sites (N-methyl/N-ethyl adjacent to an activating group) is 1. The van der Waals surface area contributed by atoms with E-state index in [1.165, 1.54) is 17.7 Å². The lowest BCUT2D eigenvalue weighted by molar-refractivity contribution is 0.0755. The highest BCUT2D eigenvalue weighted by Gasteiger charge is 2.36. The first-order valence-corrected chi connectivity index (χ1v) is 11.3. The number of benzene rings is 2. The van der Waals surface area contributed by atoms with Gasteiger partial charge in [-0.2, -0.15) is 5.01 Å². The minimum absolute atomic E-state index is 0.174. The van der Waals surface area contributed by atoms with Gasteiger partial charge in [0, 0.05) is 37.6 Å². The van der Waals surface area contributed by atoms with Gasteiger partial charge in [-0.15, -0.1) is 0 Å². The third-order valence-electron chi connectivity index (χ3n) is 6.61. The van der Waals surface area contributed by atoms with Crippen molar-refractivity contribution in [2.45, 2.75) is 31.5 Å². The number of methoxy groups -OCH3 is 1.